The molecule has 7 heteroatoms. The van der Waals surface area contributed by atoms with Crippen molar-refractivity contribution in [2.24, 2.45) is 0 Å². The number of aryl methyl sites for hydroxylation is 1. The van der Waals surface area contributed by atoms with Crippen molar-refractivity contribution < 1.29 is 22.7 Å². The van der Waals surface area contributed by atoms with E-state index < -0.39 is 34.7 Å². The van der Waals surface area contributed by atoms with Crippen LogP contribution in [-0.4, -0.2) is 33.3 Å². The summed E-state index contributed by atoms with van der Waals surface area (Å²) in [6.07, 6.45) is -0.440. The molecule has 0 spiro atoms. The van der Waals surface area contributed by atoms with Crippen LogP contribution in [0.15, 0.2) is 29.2 Å². The number of benzene rings is 1. The molecular formula is C13H17NO5S. The molecule has 0 bridgehead atoms. The molecule has 0 heterocycles. The molecule has 0 aliphatic rings. The largest absolute Gasteiger partial charge is 0.466 e. The molecule has 0 saturated heterocycles. The van der Waals surface area contributed by atoms with Gasteiger partial charge in [-0.05, 0) is 26.0 Å². The van der Waals surface area contributed by atoms with Crippen LogP contribution < -0.4 is 4.72 Å². The molecule has 0 saturated carbocycles. The summed E-state index contributed by atoms with van der Waals surface area (Å²) in [6.45, 7) is 3.21. The number of carbonyl (C=O) groups is 2. The lowest BCUT2D eigenvalue weighted by molar-refractivity contribution is -0.145. The molecule has 1 aromatic rings. The molecule has 0 aliphatic carbocycles. The van der Waals surface area contributed by atoms with E-state index in [1.54, 1.807) is 19.1 Å². The first-order chi connectivity index (χ1) is 9.35. The molecule has 20 heavy (non-hydrogen) atoms. The lowest BCUT2D eigenvalue weighted by atomic mass is 10.2. The summed E-state index contributed by atoms with van der Waals surface area (Å²) >= 11 is 0. The highest BCUT2D eigenvalue weighted by Gasteiger charge is 2.17. The molecule has 1 aromatic carbocycles. The number of esters is 1. The van der Waals surface area contributed by atoms with Crippen molar-refractivity contribution in [1.29, 1.82) is 0 Å². The third-order valence-electron chi connectivity index (χ3n) is 2.44. The van der Waals surface area contributed by atoms with Crippen LogP contribution in [0.4, 0.5) is 0 Å². The van der Waals surface area contributed by atoms with Gasteiger partial charge in [0.05, 0.1) is 18.0 Å². The van der Waals surface area contributed by atoms with Crippen molar-refractivity contribution in [1.82, 2.24) is 4.72 Å². The maximum Gasteiger partial charge on any atom is 0.313 e. The second-order valence-electron chi connectivity index (χ2n) is 4.16. The Hall–Kier alpha value is -1.73. The minimum Gasteiger partial charge on any atom is -0.466 e. The van der Waals surface area contributed by atoms with E-state index in [1.807, 2.05) is 6.92 Å². The van der Waals surface area contributed by atoms with E-state index in [9.17, 15) is 18.0 Å². The van der Waals surface area contributed by atoms with Crippen molar-refractivity contribution in [3.8, 4) is 0 Å². The smallest absolute Gasteiger partial charge is 0.313 e. The monoisotopic (exact) mass is 299 g/mol. The van der Waals surface area contributed by atoms with Crippen LogP contribution in [0.1, 0.15) is 18.9 Å². The Labute approximate surface area is 118 Å². The van der Waals surface area contributed by atoms with Gasteiger partial charge in [0.1, 0.15) is 6.42 Å². The summed E-state index contributed by atoms with van der Waals surface area (Å²) < 4.78 is 30.5. The molecule has 0 aromatic heterocycles. The first-order valence-electron chi connectivity index (χ1n) is 6.09. The zero-order valence-corrected chi connectivity index (χ0v) is 12.2. The maximum absolute atomic E-state index is 11.9. The van der Waals surface area contributed by atoms with Crippen molar-refractivity contribution in [2.75, 3.05) is 13.2 Å². The zero-order chi connectivity index (χ0) is 15.2. The Balaban J connectivity index is 2.58. The average molecular weight is 299 g/mol. The summed E-state index contributed by atoms with van der Waals surface area (Å²) in [5.74, 6) is -1.20. The summed E-state index contributed by atoms with van der Waals surface area (Å²) in [4.78, 5) is 22.6. The lowest BCUT2D eigenvalue weighted by Gasteiger charge is -2.06. The minimum absolute atomic E-state index is 0.0760. The highest BCUT2D eigenvalue weighted by molar-refractivity contribution is 7.89. The van der Waals surface area contributed by atoms with Crippen LogP contribution in [0.3, 0.4) is 0 Å². The molecular weight excluding hydrogens is 282 g/mol. The van der Waals surface area contributed by atoms with Gasteiger partial charge in [0, 0.05) is 0 Å². The van der Waals surface area contributed by atoms with Crippen LogP contribution in [0.25, 0.3) is 0 Å². The van der Waals surface area contributed by atoms with Gasteiger partial charge in [-0.3, -0.25) is 9.59 Å². The first-order valence-corrected chi connectivity index (χ1v) is 7.57. The fourth-order valence-electron chi connectivity index (χ4n) is 1.41. The number of Topliss-reactive ketones (excluding diaryl/α,β-unsaturated/α-hetero) is 1. The first kappa shape index (κ1) is 16.3. The summed E-state index contributed by atoms with van der Waals surface area (Å²) in [7, 11) is -3.74. The number of carbonyl (C=O) groups excluding carboxylic acids is 2. The van der Waals surface area contributed by atoms with Gasteiger partial charge in [0.2, 0.25) is 10.0 Å². The summed E-state index contributed by atoms with van der Waals surface area (Å²) in [5.41, 5.74) is 0.933. The normalized spacial score (nSPS) is 11.1. The van der Waals surface area contributed by atoms with Gasteiger partial charge in [0.15, 0.2) is 5.78 Å². The molecule has 1 N–H and O–H groups in total. The van der Waals surface area contributed by atoms with Crippen LogP contribution in [0, 0.1) is 6.92 Å². The fraction of sp³-hybridized carbons (Fsp3) is 0.385. The predicted octanol–water partition coefficient (Wildman–Crippen LogP) is 0.796. The lowest BCUT2D eigenvalue weighted by Crippen LogP contribution is -2.30. The topological polar surface area (TPSA) is 89.5 Å². The Morgan fingerprint density at radius 2 is 1.80 bits per heavy atom. The third kappa shape index (κ3) is 5.10. The van der Waals surface area contributed by atoms with Gasteiger partial charge < -0.3 is 4.74 Å². The fourth-order valence-corrected chi connectivity index (χ4v) is 2.42. The highest BCUT2D eigenvalue weighted by Crippen LogP contribution is 2.09. The van der Waals surface area contributed by atoms with Crippen LogP contribution in [0.2, 0.25) is 0 Å². The molecule has 0 atom stereocenters. The van der Waals surface area contributed by atoms with E-state index >= 15 is 0 Å². The number of ether oxygens (including phenoxy) is 1. The van der Waals surface area contributed by atoms with Gasteiger partial charge in [-0.15, -0.1) is 0 Å². The molecule has 0 fully saturated rings. The van der Waals surface area contributed by atoms with E-state index in [4.69, 9.17) is 0 Å². The van der Waals surface area contributed by atoms with Gasteiger partial charge in [-0.25, -0.2) is 13.1 Å². The van der Waals surface area contributed by atoms with Gasteiger partial charge in [-0.1, -0.05) is 17.7 Å². The number of ketones is 1. The maximum atomic E-state index is 11.9. The standard InChI is InChI=1S/C13H17NO5S/c1-3-19-13(16)8-11(15)9-14-20(17,18)12-6-4-10(2)5-7-12/h4-7,14H,3,8-9H2,1-2H3. The zero-order valence-electron chi connectivity index (χ0n) is 11.4. The molecule has 0 unspecified atom stereocenters. The Kier molecular flexibility index (Phi) is 5.84. The second kappa shape index (κ2) is 7.16. The van der Waals surface area contributed by atoms with Crippen molar-refractivity contribution in [2.45, 2.75) is 25.2 Å². The van der Waals surface area contributed by atoms with Crippen LogP contribution >= 0.6 is 0 Å². The Bertz CT molecular complexity index is 577. The van der Waals surface area contributed by atoms with Crippen molar-refractivity contribution >= 4 is 21.8 Å². The molecule has 1 rings (SSSR count). The number of hydrogen-bond donors (Lipinski definition) is 1. The van der Waals surface area contributed by atoms with E-state index in [2.05, 4.69) is 9.46 Å². The molecule has 110 valence electrons. The number of hydrogen-bond acceptors (Lipinski definition) is 5. The highest BCUT2D eigenvalue weighted by atomic mass is 32.2. The second-order valence-corrected chi connectivity index (χ2v) is 5.93. The van der Waals surface area contributed by atoms with Gasteiger partial charge in [-0.2, -0.15) is 0 Å². The minimum atomic E-state index is -3.74. The van der Waals surface area contributed by atoms with Gasteiger partial charge >= 0.3 is 5.97 Å². The Morgan fingerprint density at radius 1 is 1.20 bits per heavy atom. The van der Waals surface area contributed by atoms with E-state index in [-0.39, 0.29) is 11.5 Å². The van der Waals surface area contributed by atoms with Crippen molar-refractivity contribution in [3.05, 3.63) is 29.8 Å². The number of nitrogens with one attached hydrogen (secondary N) is 1. The quantitative estimate of drug-likeness (QED) is 0.594. The molecule has 0 aliphatic heterocycles. The molecule has 6 nitrogen and oxygen atoms in total. The van der Waals surface area contributed by atoms with E-state index in [0.29, 0.717) is 0 Å². The summed E-state index contributed by atoms with van der Waals surface area (Å²) in [6, 6.07) is 6.23. The predicted molar refractivity (Wildman–Crippen MR) is 72.6 cm³/mol. The SMILES string of the molecule is CCOC(=O)CC(=O)CNS(=O)(=O)c1ccc(C)cc1. The van der Waals surface area contributed by atoms with Crippen molar-refractivity contribution in [3.63, 3.8) is 0 Å². The van der Waals surface area contributed by atoms with Crippen LogP contribution in [-0.2, 0) is 24.3 Å². The van der Waals surface area contributed by atoms with E-state index in [0.717, 1.165) is 5.56 Å². The molecule has 0 radical (unpaired) electrons. The molecule has 0 amide bonds. The van der Waals surface area contributed by atoms with E-state index in [1.165, 1.54) is 12.1 Å². The average Bonchev–Trinajstić information content (AvgIpc) is 2.37. The third-order valence-corrected chi connectivity index (χ3v) is 3.85. The number of sulfonamides is 1. The Morgan fingerprint density at radius 3 is 2.35 bits per heavy atom. The number of rotatable bonds is 7. The van der Waals surface area contributed by atoms with Gasteiger partial charge in [0.25, 0.3) is 0 Å². The summed E-state index contributed by atoms with van der Waals surface area (Å²) in [5, 5.41) is 0. The van der Waals surface area contributed by atoms with Crippen LogP contribution in [0.5, 0.6) is 0 Å².